The first-order valence-corrected chi connectivity index (χ1v) is 12.4. The van der Waals surface area contributed by atoms with Gasteiger partial charge in [0.25, 0.3) is 5.91 Å². The quantitative estimate of drug-likeness (QED) is 0.714. The number of amides is 1. The highest BCUT2D eigenvalue weighted by molar-refractivity contribution is 8.16. The van der Waals surface area contributed by atoms with E-state index in [0.29, 0.717) is 10.2 Å². The van der Waals surface area contributed by atoms with Crippen molar-refractivity contribution in [2.45, 2.75) is 31.6 Å². The van der Waals surface area contributed by atoms with Crippen molar-refractivity contribution in [3.8, 4) is 0 Å². The summed E-state index contributed by atoms with van der Waals surface area (Å²) in [7, 11) is -3.09. The van der Waals surface area contributed by atoms with E-state index in [2.05, 4.69) is 4.99 Å². The summed E-state index contributed by atoms with van der Waals surface area (Å²) >= 11 is 7.55. The van der Waals surface area contributed by atoms with Gasteiger partial charge in [-0.15, -0.1) is 0 Å². The number of rotatable bonds is 3. The van der Waals surface area contributed by atoms with Crippen LogP contribution in [0.5, 0.6) is 0 Å². The minimum atomic E-state index is -3.09. The molecule has 0 radical (unpaired) electrons. The Labute approximate surface area is 180 Å². The van der Waals surface area contributed by atoms with Gasteiger partial charge in [0.15, 0.2) is 15.0 Å². The molecule has 0 bridgehead atoms. The first kappa shape index (κ1) is 20.4. The Hall–Kier alpha value is -1.83. The molecule has 0 aromatic heterocycles. The van der Waals surface area contributed by atoms with Crippen molar-refractivity contribution in [1.29, 1.82) is 0 Å². The number of thioether (sulfide) groups is 1. The Morgan fingerprint density at radius 2 is 1.93 bits per heavy atom. The number of sulfone groups is 1. The minimum Gasteiger partial charge on any atom is -0.316 e. The van der Waals surface area contributed by atoms with Gasteiger partial charge >= 0.3 is 0 Å². The average molecular weight is 449 g/mol. The van der Waals surface area contributed by atoms with Crippen molar-refractivity contribution in [3.63, 3.8) is 0 Å². The smallest absolute Gasteiger partial charge is 0.252 e. The Morgan fingerprint density at radius 3 is 2.66 bits per heavy atom. The van der Waals surface area contributed by atoms with Gasteiger partial charge in [-0.25, -0.2) is 8.42 Å². The third-order valence-corrected chi connectivity index (χ3v) is 8.93. The van der Waals surface area contributed by atoms with Gasteiger partial charge in [0.1, 0.15) is 0 Å². The lowest BCUT2D eigenvalue weighted by Crippen LogP contribution is -2.37. The molecule has 2 heterocycles. The fraction of sp³-hybridized carbons (Fsp3) is 0.333. The van der Waals surface area contributed by atoms with Crippen LogP contribution in [-0.4, -0.2) is 42.3 Å². The number of benzene rings is 2. The van der Waals surface area contributed by atoms with Crippen LogP contribution in [0.2, 0.25) is 5.02 Å². The number of hydrogen-bond donors (Lipinski definition) is 0. The molecule has 2 aliphatic rings. The number of anilines is 1. The van der Waals surface area contributed by atoms with Gasteiger partial charge in [-0.3, -0.25) is 4.79 Å². The third kappa shape index (κ3) is 4.22. The zero-order valence-corrected chi connectivity index (χ0v) is 18.5. The SMILES string of the molecule is Cc1ccc(N2C(=NC(=O)Cc3ccccc3Cl)S[C@H]3CS(=O)(=O)C[C@@H]32)cc1C. The van der Waals surface area contributed by atoms with Crippen LogP contribution in [0.4, 0.5) is 5.69 Å². The Bertz CT molecular complexity index is 1110. The van der Waals surface area contributed by atoms with E-state index in [0.717, 1.165) is 22.4 Å². The minimum absolute atomic E-state index is 0.0787. The molecule has 4 rings (SSSR count). The van der Waals surface area contributed by atoms with Crippen LogP contribution in [-0.2, 0) is 21.1 Å². The van der Waals surface area contributed by atoms with Crippen molar-refractivity contribution < 1.29 is 13.2 Å². The van der Waals surface area contributed by atoms with Crippen molar-refractivity contribution in [2.24, 2.45) is 4.99 Å². The van der Waals surface area contributed by atoms with E-state index in [-0.39, 0.29) is 35.1 Å². The van der Waals surface area contributed by atoms with Crippen molar-refractivity contribution >= 4 is 50.0 Å². The molecular weight excluding hydrogens is 428 g/mol. The molecule has 152 valence electrons. The second-order valence-corrected chi connectivity index (χ2v) is 11.3. The molecule has 2 aliphatic heterocycles. The number of amidine groups is 1. The summed E-state index contributed by atoms with van der Waals surface area (Å²) < 4.78 is 24.4. The maximum absolute atomic E-state index is 12.7. The van der Waals surface area contributed by atoms with E-state index in [1.807, 2.05) is 55.1 Å². The van der Waals surface area contributed by atoms with Gasteiger partial charge < -0.3 is 4.90 Å². The number of fused-ring (bicyclic) bond motifs is 1. The van der Waals surface area contributed by atoms with Gasteiger partial charge in [-0.2, -0.15) is 4.99 Å². The number of halogens is 1. The van der Waals surface area contributed by atoms with E-state index in [4.69, 9.17) is 11.6 Å². The fourth-order valence-corrected chi connectivity index (χ4v) is 7.83. The Kier molecular flexibility index (Phi) is 5.48. The van der Waals surface area contributed by atoms with E-state index < -0.39 is 9.84 Å². The van der Waals surface area contributed by atoms with Gasteiger partial charge in [0.05, 0.1) is 24.0 Å². The van der Waals surface area contributed by atoms with E-state index >= 15 is 0 Å². The number of carbonyl (C=O) groups excluding carboxylic acids is 1. The molecule has 29 heavy (non-hydrogen) atoms. The maximum atomic E-state index is 12.7. The van der Waals surface area contributed by atoms with E-state index in [9.17, 15) is 13.2 Å². The molecule has 8 heteroatoms. The molecule has 1 amide bonds. The van der Waals surface area contributed by atoms with Gasteiger partial charge in [0.2, 0.25) is 0 Å². The van der Waals surface area contributed by atoms with Gasteiger partial charge in [-0.1, -0.05) is 47.6 Å². The molecule has 0 spiro atoms. The van der Waals surface area contributed by atoms with Gasteiger partial charge in [-0.05, 0) is 48.7 Å². The largest absolute Gasteiger partial charge is 0.316 e. The topological polar surface area (TPSA) is 66.8 Å². The van der Waals surface area contributed by atoms with Crippen molar-refractivity contribution in [1.82, 2.24) is 0 Å². The number of aryl methyl sites for hydroxylation is 2. The molecule has 2 aromatic rings. The summed E-state index contributed by atoms with van der Waals surface area (Å²) in [6.07, 6.45) is 0.109. The van der Waals surface area contributed by atoms with Crippen LogP contribution >= 0.6 is 23.4 Å². The van der Waals surface area contributed by atoms with Crippen LogP contribution < -0.4 is 4.90 Å². The lowest BCUT2D eigenvalue weighted by Gasteiger charge is -2.25. The predicted octanol–water partition coefficient (Wildman–Crippen LogP) is 3.80. The normalized spacial score (nSPS) is 24.1. The standard InChI is InChI=1S/C21H21ClN2O3S2/c1-13-7-8-16(9-14(13)2)24-18-11-29(26,27)12-19(18)28-21(24)23-20(25)10-15-5-3-4-6-17(15)22/h3-9,18-19H,10-12H2,1-2H3/t18-,19-/m0/s1. The summed E-state index contributed by atoms with van der Waals surface area (Å²) in [6.45, 7) is 4.05. The first-order valence-electron chi connectivity index (χ1n) is 9.32. The zero-order chi connectivity index (χ0) is 20.8. The molecule has 2 saturated heterocycles. The molecule has 5 nitrogen and oxygen atoms in total. The lowest BCUT2D eigenvalue weighted by molar-refractivity contribution is -0.117. The van der Waals surface area contributed by atoms with E-state index in [1.165, 1.54) is 11.8 Å². The molecule has 0 saturated carbocycles. The molecule has 2 fully saturated rings. The predicted molar refractivity (Wildman–Crippen MR) is 120 cm³/mol. The summed E-state index contributed by atoms with van der Waals surface area (Å²) in [5.41, 5.74) is 3.87. The Morgan fingerprint density at radius 1 is 1.17 bits per heavy atom. The van der Waals surface area contributed by atoms with Crippen LogP contribution in [0.3, 0.4) is 0 Å². The number of carbonyl (C=O) groups is 1. The van der Waals surface area contributed by atoms with Crippen molar-refractivity contribution in [3.05, 3.63) is 64.2 Å². The number of aliphatic imine (C=N–C) groups is 1. The maximum Gasteiger partial charge on any atom is 0.252 e. The number of nitrogens with zero attached hydrogens (tertiary/aromatic N) is 2. The summed E-state index contributed by atoms with van der Waals surface area (Å²) in [5, 5.41) is 0.984. The second kappa shape index (κ2) is 7.78. The average Bonchev–Trinajstić information content (AvgIpc) is 3.10. The Balaban J connectivity index is 1.67. The zero-order valence-electron chi connectivity index (χ0n) is 16.1. The highest BCUT2D eigenvalue weighted by Crippen LogP contribution is 2.41. The molecule has 0 N–H and O–H groups in total. The highest BCUT2D eigenvalue weighted by atomic mass is 35.5. The summed E-state index contributed by atoms with van der Waals surface area (Å²) in [4.78, 5) is 19.0. The summed E-state index contributed by atoms with van der Waals surface area (Å²) in [5.74, 6) is -0.103. The van der Waals surface area contributed by atoms with Crippen molar-refractivity contribution in [2.75, 3.05) is 16.4 Å². The fourth-order valence-electron chi connectivity index (χ4n) is 3.69. The highest BCUT2D eigenvalue weighted by Gasteiger charge is 2.49. The van der Waals surface area contributed by atoms with Crippen LogP contribution in [0.1, 0.15) is 16.7 Å². The third-order valence-electron chi connectivity index (χ3n) is 5.36. The second-order valence-electron chi connectivity index (χ2n) is 7.50. The molecule has 0 unspecified atom stereocenters. The summed E-state index contributed by atoms with van der Waals surface area (Å²) in [6, 6.07) is 13.0. The van der Waals surface area contributed by atoms with E-state index in [1.54, 1.807) is 6.07 Å². The first-order chi connectivity index (χ1) is 13.7. The van der Waals surface area contributed by atoms with Crippen LogP contribution in [0.15, 0.2) is 47.5 Å². The molecule has 2 aromatic carbocycles. The molecular formula is C21H21ClN2O3S2. The number of hydrogen-bond acceptors (Lipinski definition) is 4. The molecule has 2 atom stereocenters. The molecule has 0 aliphatic carbocycles. The van der Waals surface area contributed by atoms with Crippen LogP contribution in [0.25, 0.3) is 0 Å². The lowest BCUT2D eigenvalue weighted by atomic mass is 10.1. The van der Waals surface area contributed by atoms with Crippen LogP contribution in [0, 0.1) is 13.8 Å². The monoisotopic (exact) mass is 448 g/mol. The van der Waals surface area contributed by atoms with Gasteiger partial charge in [0, 0.05) is 16.0 Å².